The van der Waals surface area contributed by atoms with Crippen LogP contribution in [0.15, 0.2) is 24.3 Å². The average Bonchev–Trinajstić information content (AvgIpc) is 3.70. The predicted octanol–water partition coefficient (Wildman–Crippen LogP) is 5.99. The third-order valence-electron chi connectivity index (χ3n) is 9.25. The lowest BCUT2D eigenvalue weighted by Crippen LogP contribution is -2.47. The molecule has 1 spiro atoms. The highest BCUT2D eigenvalue weighted by atomic mass is 35.5. The summed E-state index contributed by atoms with van der Waals surface area (Å²) in [6.45, 7) is 9.87. The van der Waals surface area contributed by atoms with Crippen molar-refractivity contribution in [1.29, 1.82) is 0 Å². The van der Waals surface area contributed by atoms with E-state index in [4.69, 9.17) is 4.74 Å². The largest absolute Gasteiger partial charge is 0.378 e. The third-order valence-corrected chi connectivity index (χ3v) is 9.25. The number of ether oxygens (including phenoxy) is 1. The Morgan fingerprint density at radius 3 is 2.29 bits per heavy atom. The monoisotopic (exact) mass is 485 g/mol. The number of nitrogens with zero attached hydrogens (tertiary/aromatic N) is 3. The number of allylic oxidation sites excluding steroid dienone is 2. The zero-order valence-corrected chi connectivity index (χ0v) is 21.8. The molecule has 2 saturated carbocycles. The first-order valence-corrected chi connectivity index (χ1v) is 13.9. The lowest BCUT2D eigenvalue weighted by Gasteiger charge is -2.41. The number of morpholine rings is 1. The van der Waals surface area contributed by atoms with Crippen molar-refractivity contribution in [3.63, 3.8) is 0 Å². The van der Waals surface area contributed by atoms with Crippen LogP contribution in [0.3, 0.4) is 0 Å². The number of hydrogen-bond acceptors (Lipinski definition) is 4. The second kappa shape index (κ2) is 10.8. The van der Waals surface area contributed by atoms with Gasteiger partial charge in [0.25, 0.3) is 0 Å². The van der Waals surface area contributed by atoms with E-state index in [0.29, 0.717) is 5.41 Å². The van der Waals surface area contributed by atoms with E-state index in [2.05, 4.69) is 39.0 Å². The Balaban J connectivity index is 0.00000241. The van der Waals surface area contributed by atoms with Crippen LogP contribution in [0.1, 0.15) is 69.8 Å². The molecular weight excluding hydrogens is 442 g/mol. The van der Waals surface area contributed by atoms with Gasteiger partial charge in [-0.2, -0.15) is 0 Å². The minimum absolute atomic E-state index is 0. The number of halogens is 1. The normalized spacial score (nSPS) is 25.7. The molecule has 3 aliphatic carbocycles. The maximum atomic E-state index is 5.63. The van der Waals surface area contributed by atoms with Crippen molar-refractivity contribution < 1.29 is 4.74 Å². The molecule has 188 valence electrons. The minimum atomic E-state index is 0. The fraction of sp³-hybridized carbons (Fsp3) is 0.724. The van der Waals surface area contributed by atoms with Crippen LogP contribution in [0.4, 0.5) is 11.4 Å². The molecule has 1 aromatic rings. The maximum absolute atomic E-state index is 5.63. The van der Waals surface area contributed by atoms with Gasteiger partial charge in [-0.25, -0.2) is 0 Å². The molecule has 5 heteroatoms. The standard InChI is InChI=1S/C29H43N3O.ClH/c1-2-10-29(11-3-1)12-8-25(9-13-29)27-22-26(31-18-20-33-21-19-31)6-7-28(27)32-16-14-30(15-17-32)23-24-4-5-24;/h6-8,22,24H,1-5,9-21,23H2;1H. The molecule has 2 aliphatic heterocycles. The van der Waals surface area contributed by atoms with Gasteiger partial charge in [-0.1, -0.05) is 25.3 Å². The summed E-state index contributed by atoms with van der Waals surface area (Å²) >= 11 is 0. The fourth-order valence-electron chi connectivity index (χ4n) is 6.86. The van der Waals surface area contributed by atoms with Gasteiger partial charge in [-0.15, -0.1) is 12.4 Å². The Hall–Kier alpha value is -1.23. The second-order valence-electron chi connectivity index (χ2n) is 11.5. The molecule has 2 saturated heterocycles. The van der Waals surface area contributed by atoms with Crippen LogP contribution in [0.5, 0.6) is 0 Å². The number of hydrogen-bond donors (Lipinski definition) is 0. The summed E-state index contributed by atoms with van der Waals surface area (Å²) < 4.78 is 5.63. The Morgan fingerprint density at radius 1 is 0.853 bits per heavy atom. The SMILES string of the molecule is C1=C(c2cc(N3CCOCC3)ccc2N2CCN(CC3CC3)CC2)CCC2(C1)CCCCC2.Cl. The van der Waals surface area contributed by atoms with Crippen molar-refractivity contribution >= 4 is 29.4 Å². The van der Waals surface area contributed by atoms with Gasteiger partial charge in [0.1, 0.15) is 0 Å². The van der Waals surface area contributed by atoms with Crippen LogP contribution in [0.25, 0.3) is 5.57 Å². The van der Waals surface area contributed by atoms with Crippen molar-refractivity contribution in [3.05, 3.63) is 29.8 Å². The molecule has 1 aromatic carbocycles. The first kappa shape index (κ1) is 24.5. The van der Waals surface area contributed by atoms with Crippen LogP contribution in [-0.2, 0) is 4.74 Å². The van der Waals surface area contributed by atoms with Crippen LogP contribution in [0.2, 0.25) is 0 Å². The second-order valence-corrected chi connectivity index (χ2v) is 11.5. The Morgan fingerprint density at radius 2 is 1.62 bits per heavy atom. The predicted molar refractivity (Wildman–Crippen MR) is 145 cm³/mol. The third kappa shape index (κ3) is 5.44. The average molecular weight is 486 g/mol. The van der Waals surface area contributed by atoms with Crippen molar-refractivity contribution in [3.8, 4) is 0 Å². The van der Waals surface area contributed by atoms with Crippen molar-refractivity contribution in [1.82, 2.24) is 4.90 Å². The topological polar surface area (TPSA) is 19.0 Å². The van der Waals surface area contributed by atoms with Gasteiger partial charge in [-0.3, -0.25) is 4.90 Å². The van der Waals surface area contributed by atoms with Gasteiger partial charge in [0.05, 0.1) is 13.2 Å². The van der Waals surface area contributed by atoms with Crippen molar-refractivity contribution in [2.24, 2.45) is 11.3 Å². The molecule has 2 heterocycles. The summed E-state index contributed by atoms with van der Waals surface area (Å²) in [5, 5.41) is 0. The molecule has 0 amide bonds. The lowest BCUT2D eigenvalue weighted by molar-refractivity contribution is 0.122. The Bertz CT molecular complexity index is 847. The van der Waals surface area contributed by atoms with Crippen molar-refractivity contribution in [2.45, 2.75) is 64.2 Å². The number of anilines is 2. The highest BCUT2D eigenvalue weighted by Crippen LogP contribution is 2.49. The Kier molecular flexibility index (Phi) is 7.77. The first-order valence-electron chi connectivity index (χ1n) is 13.9. The number of rotatable bonds is 5. The number of piperazine rings is 1. The smallest absolute Gasteiger partial charge is 0.0642 e. The maximum Gasteiger partial charge on any atom is 0.0642 e. The van der Waals surface area contributed by atoms with Gasteiger partial charge in [0.15, 0.2) is 0 Å². The van der Waals surface area contributed by atoms with Crippen LogP contribution >= 0.6 is 12.4 Å². The lowest BCUT2D eigenvalue weighted by atomic mass is 9.65. The summed E-state index contributed by atoms with van der Waals surface area (Å²) in [5.41, 5.74) is 6.65. The molecule has 6 rings (SSSR count). The number of benzene rings is 1. The molecule has 0 bridgehead atoms. The first-order chi connectivity index (χ1) is 16.3. The summed E-state index contributed by atoms with van der Waals surface area (Å²) in [7, 11) is 0. The molecule has 5 aliphatic rings. The van der Waals surface area contributed by atoms with E-state index in [1.165, 1.54) is 114 Å². The van der Waals surface area contributed by atoms with E-state index in [9.17, 15) is 0 Å². The highest BCUT2D eigenvalue weighted by Gasteiger charge is 2.34. The van der Waals surface area contributed by atoms with Crippen LogP contribution in [-0.4, -0.2) is 63.9 Å². The molecule has 0 radical (unpaired) electrons. The highest BCUT2D eigenvalue weighted by molar-refractivity contribution is 5.85. The molecule has 0 N–H and O–H groups in total. The van der Waals surface area contributed by atoms with Crippen LogP contribution < -0.4 is 9.80 Å². The zero-order chi connectivity index (χ0) is 22.1. The Labute approximate surface area is 213 Å². The molecular formula is C29H44ClN3O. The van der Waals surface area contributed by atoms with E-state index in [-0.39, 0.29) is 12.4 Å². The molecule has 4 nitrogen and oxygen atoms in total. The molecule has 4 fully saturated rings. The quantitative estimate of drug-likeness (QED) is 0.509. The zero-order valence-electron chi connectivity index (χ0n) is 21.0. The minimum Gasteiger partial charge on any atom is -0.378 e. The summed E-state index contributed by atoms with van der Waals surface area (Å²) in [6.07, 6.45) is 16.8. The van der Waals surface area contributed by atoms with E-state index >= 15 is 0 Å². The molecule has 0 atom stereocenters. The summed E-state index contributed by atoms with van der Waals surface area (Å²) in [4.78, 5) is 7.92. The van der Waals surface area contributed by atoms with E-state index in [1.807, 2.05) is 0 Å². The van der Waals surface area contributed by atoms with Crippen LogP contribution in [0, 0.1) is 11.3 Å². The molecule has 0 unspecified atom stereocenters. The van der Waals surface area contributed by atoms with E-state index < -0.39 is 0 Å². The van der Waals surface area contributed by atoms with Gasteiger partial charge in [0.2, 0.25) is 0 Å². The summed E-state index contributed by atoms with van der Waals surface area (Å²) in [6, 6.07) is 7.36. The van der Waals surface area contributed by atoms with Gasteiger partial charge in [-0.05, 0) is 80.1 Å². The molecule has 0 aromatic heterocycles. The van der Waals surface area contributed by atoms with Crippen molar-refractivity contribution in [2.75, 3.05) is 68.8 Å². The van der Waals surface area contributed by atoms with Gasteiger partial charge < -0.3 is 14.5 Å². The van der Waals surface area contributed by atoms with E-state index in [0.717, 1.165) is 32.2 Å². The molecule has 34 heavy (non-hydrogen) atoms. The van der Waals surface area contributed by atoms with Gasteiger partial charge in [0, 0.05) is 62.8 Å². The fourth-order valence-corrected chi connectivity index (χ4v) is 6.86. The summed E-state index contributed by atoms with van der Waals surface area (Å²) in [5.74, 6) is 0.999. The van der Waals surface area contributed by atoms with E-state index in [1.54, 1.807) is 5.57 Å². The van der Waals surface area contributed by atoms with Gasteiger partial charge >= 0.3 is 0 Å².